The predicted molar refractivity (Wildman–Crippen MR) is 102 cm³/mol. The maximum atomic E-state index is 12.6. The molecule has 0 aliphatic carbocycles. The molecule has 146 valence electrons. The monoisotopic (exact) mass is 440 g/mol. The van der Waals surface area contributed by atoms with E-state index in [4.69, 9.17) is 9.47 Å². The topological polar surface area (TPSA) is 113 Å². The van der Waals surface area contributed by atoms with Gasteiger partial charge in [-0.3, -0.25) is 4.79 Å². The number of aromatic hydroxyl groups is 1. The fourth-order valence-electron chi connectivity index (χ4n) is 2.55. The van der Waals surface area contributed by atoms with E-state index in [0.29, 0.717) is 11.3 Å². The highest BCUT2D eigenvalue weighted by Crippen LogP contribution is 2.40. The molecule has 0 amide bonds. The Morgan fingerprint density at radius 2 is 1.85 bits per heavy atom. The van der Waals surface area contributed by atoms with Gasteiger partial charge in [-0.1, -0.05) is 18.2 Å². The van der Waals surface area contributed by atoms with Crippen LogP contribution in [0.5, 0.6) is 11.5 Å². The molecule has 8 heteroatoms. The van der Waals surface area contributed by atoms with Crippen molar-refractivity contribution in [2.75, 3.05) is 7.11 Å². The number of phenolic OH excluding ortho intramolecular Hbond substituents is 1. The Morgan fingerprint density at radius 3 is 2.52 bits per heavy atom. The molecule has 3 atom stereocenters. The standard InChI is InChI=1S/C19H21BrO7/c1-10-5-3-7-12(21)17(23)13(22)8-4-6-11-9-14(26-2)16(20)18(24)15(11)19(25)27-10/h3-4,6-7,9-10,13,17,22-24H,5,8H2,1-2H3/t10-,13-,17+/m0/s1. The summed E-state index contributed by atoms with van der Waals surface area (Å²) in [5.74, 6) is -1.39. The van der Waals surface area contributed by atoms with Gasteiger partial charge in [-0.25, -0.2) is 4.79 Å². The zero-order chi connectivity index (χ0) is 20.1. The number of fused-ring (bicyclic) bond motifs is 1. The van der Waals surface area contributed by atoms with Crippen molar-refractivity contribution >= 4 is 33.8 Å². The van der Waals surface area contributed by atoms with Crippen LogP contribution < -0.4 is 4.74 Å². The largest absolute Gasteiger partial charge is 0.506 e. The summed E-state index contributed by atoms with van der Waals surface area (Å²) in [7, 11) is 1.41. The van der Waals surface area contributed by atoms with Crippen molar-refractivity contribution in [3.8, 4) is 11.5 Å². The lowest BCUT2D eigenvalue weighted by molar-refractivity contribution is -0.127. The first kappa shape index (κ1) is 21.1. The molecule has 1 aromatic carbocycles. The van der Waals surface area contributed by atoms with Gasteiger partial charge in [0.15, 0.2) is 5.78 Å². The Kier molecular flexibility index (Phi) is 7.18. The van der Waals surface area contributed by atoms with Gasteiger partial charge in [0.2, 0.25) is 0 Å². The normalized spacial score (nSPS) is 24.1. The molecule has 1 aliphatic heterocycles. The van der Waals surface area contributed by atoms with E-state index >= 15 is 0 Å². The molecule has 0 unspecified atom stereocenters. The lowest BCUT2D eigenvalue weighted by Crippen LogP contribution is -2.32. The van der Waals surface area contributed by atoms with Gasteiger partial charge < -0.3 is 24.8 Å². The molecule has 1 heterocycles. The maximum absolute atomic E-state index is 12.6. The van der Waals surface area contributed by atoms with Gasteiger partial charge in [0.25, 0.3) is 0 Å². The Balaban J connectivity index is 2.52. The van der Waals surface area contributed by atoms with Crippen molar-refractivity contribution in [2.45, 2.75) is 38.1 Å². The van der Waals surface area contributed by atoms with Gasteiger partial charge in [-0.05, 0) is 47.0 Å². The van der Waals surface area contributed by atoms with E-state index in [1.165, 1.54) is 31.4 Å². The van der Waals surface area contributed by atoms with Crippen LogP contribution in [-0.4, -0.2) is 52.5 Å². The maximum Gasteiger partial charge on any atom is 0.342 e. The molecular weight excluding hydrogens is 420 g/mol. The van der Waals surface area contributed by atoms with Gasteiger partial charge in [-0.2, -0.15) is 0 Å². The van der Waals surface area contributed by atoms with E-state index in [9.17, 15) is 24.9 Å². The average molecular weight is 441 g/mol. The van der Waals surface area contributed by atoms with E-state index in [2.05, 4.69) is 15.9 Å². The first-order chi connectivity index (χ1) is 12.8. The minimum atomic E-state index is -1.56. The number of phenols is 1. The van der Waals surface area contributed by atoms with Crippen LogP contribution in [0.15, 0.2) is 28.8 Å². The van der Waals surface area contributed by atoms with Crippen LogP contribution >= 0.6 is 15.9 Å². The summed E-state index contributed by atoms with van der Waals surface area (Å²) in [5.41, 5.74) is 0.253. The predicted octanol–water partition coefficient (Wildman–Crippen LogP) is 2.36. The summed E-state index contributed by atoms with van der Waals surface area (Å²) < 4.78 is 10.7. The van der Waals surface area contributed by atoms with Crippen LogP contribution in [-0.2, 0) is 9.53 Å². The third kappa shape index (κ3) is 4.97. The molecule has 0 aromatic heterocycles. The summed E-state index contributed by atoms with van der Waals surface area (Å²) in [6.45, 7) is 1.63. The van der Waals surface area contributed by atoms with E-state index < -0.39 is 30.1 Å². The highest BCUT2D eigenvalue weighted by Gasteiger charge is 2.25. The molecule has 1 aromatic rings. The molecule has 1 aliphatic rings. The second-order valence-electron chi connectivity index (χ2n) is 6.11. The SMILES string of the molecule is COc1cc2c(c(O)c1Br)C(=O)O[C@@H](C)CC=CC(=O)[C@@H](O)[C@@H](O)CC=C2. The number of ketones is 1. The zero-order valence-corrected chi connectivity index (χ0v) is 16.5. The number of cyclic esters (lactones) is 1. The molecule has 0 saturated carbocycles. The minimum absolute atomic E-state index is 0.0369. The summed E-state index contributed by atoms with van der Waals surface area (Å²) in [4.78, 5) is 24.4. The smallest absolute Gasteiger partial charge is 0.342 e. The number of carbonyl (C=O) groups excluding carboxylic acids is 2. The van der Waals surface area contributed by atoms with Crippen LogP contribution in [0.4, 0.5) is 0 Å². The number of aliphatic hydroxyl groups is 2. The fourth-order valence-corrected chi connectivity index (χ4v) is 3.03. The van der Waals surface area contributed by atoms with Crippen molar-refractivity contribution in [3.63, 3.8) is 0 Å². The Hall–Kier alpha value is -2.16. The molecule has 0 saturated heterocycles. The lowest BCUT2D eigenvalue weighted by atomic mass is 10.0. The van der Waals surface area contributed by atoms with E-state index in [1.54, 1.807) is 6.92 Å². The molecular formula is C19H21BrO7. The van der Waals surface area contributed by atoms with Gasteiger partial charge in [0.05, 0.1) is 13.2 Å². The van der Waals surface area contributed by atoms with Crippen LogP contribution in [0, 0.1) is 0 Å². The summed E-state index contributed by atoms with van der Waals surface area (Å²) >= 11 is 3.19. The Morgan fingerprint density at radius 1 is 1.19 bits per heavy atom. The number of rotatable bonds is 1. The third-order valence-corrected chi connectivity index (χ3v) is 4.82. The summed E-state index contributed by atoms with van der Waals surface area (Å²) in [6.07, 6.45) is 2.33. The van der Waals surface area contributed by atoms with Crippen LogP contribution in [0.1, 0.15) is 35.7 Å². The highest BCUT2D eigenvalue weighted by atomic mass is 79.9. The molecule has 27 heavy (non-hydrogen) atoms. The number of benzene rings is 1. The molecule has 2 rings (SSSR count). The molecule has 0 fully saturated rings. The van der Waals surface area contributed by atoms with Crippen molar-refractivity contribution < 1.29 is 34.4 Å². The molecule has 0 bridgehead atoms. The Bertz CT molecular complexity index is 785. The van der Waals surface area contributed by atoms with Crippen LogP contribution in [0.3, 0.4) is 0 Å². The number of methoxy groups -OCH3 is 1. The fraction of sp³-hybridized carbons (Fsp3) is 0.368. The number of aliphatic hydroxyl groups excluding tert-OH is 2. The second kappa shape index (κ2) is 9.16. The number of ether oxygens (including phenoxy) is 2. The molecule has 3 N–H and O–H groups in total. The molecule has 0 spiro atoms. The Labute approximate surface area is 165 Å². The van der Waals surface area contributed by atoms with E-state index in [0.717, 1.165) is 6.08 Å². The third-order valence-electron chi connectivity index (χ3n) is 4.05. The van der Waals surface area contributed by atoms with Crippen molar-refractivity contribution in [1.82, 2.24) is 0 Å². The number of hydrogen-bond donors (Lipinski definition) is 3. The van der Waals surface area contributed by atoms with Crippen LogP contribution in [0.2, 0.25) is 0 Å². The van der Waals surface area contributed by atoms with Gasteiger partial charge in [-0.15, -0.1) is 0 Å². The zero-order valence-electron chi connectivity index (χ0n) is 14.9. The summed E-state index contributed by atoms with van der Waals surface area (Å²) in [5, 5.41) is 30.3. The van der Waals surface area contributed by atoms with E-state index in [-0.39, 0.29) is 28.6 Å². The minimum Gasteiger partial charge on any atom is -0.506 e. The molecule has 7 nitrogen and oxygen atoms in total. The second-order valence-corrected chi connectivity index (χ2v) is 6.91. The number of hydrogen-bond acceptors (Lipinski definition) is 7. The summed E-state index contributed by atoms with van der Waals surface area (Å²) in [6, 6.07) is 1.53. The first-order valence-corrected chi connectivity index (χ1v) is 9.09. The van der Waals surface area contributed by atoms with Crippen molar-refractivity contribution in [2.24, 2.45) is 0 Å². The highest BCUT2D eigenvalue weighted by molar-refractivity contribution is 9.10. The number of halogens is 1. The first-order valence-electron chi connectivity index (χ1n) is 8.29. The van der Waals surface area contributed by atoms with Crippen molar-refractivity contribution in [1.29, 1.82) is 0 Å². The van der Waals surface area contributed by atoms with Gasteiger partial charge >= 0.3 is 5.97 Å². The lowest BCUT2D eigenvalue weighted by Gasteiger charge is -2.17. The van der Waals surface area contributed by atoms with E-state index in [1.807, 2.05) is 0 Å². The van der Waals surface area contributed by atoms with Crippen molar-refractivity contribution in [3.05, 3.63) is 39.9 Å². The van der Waals surface area contributed by atoms with Gasteiger partial charge in [0, 0.05) is 6.42 Å². The van der Waals surface area contributed by atoms with Gasteiger partial charge in [0.1, 0.15) is 33.7 Å². The number of esters is 1. The average Bonchev–Trinajstić information content (AvgIpc) is 2.62. The molecule has 0 radical (unpaired) electrons. The quantitative estimate of drug-likeness (QED) is 0.574. The van der Waals surface area contributed by atoms with Crippen LogP contribution in [0.25, 0.3) is 6.08 Å². The number of carbonyl (C=O) groups is 2.